The molecule has 0 amide bonds. The van der Waals surface area contributed by atoms with Crippen LogP contribution in [0.5, 0.6) is 0 Å². The van der Waals surface area contributed by atoms with Crippen molar-refractivity contribution < 1.29 is 5.11 Å². The third kappa shape index (κ3) is 3.41. The van der Waals surface area contributed by atoms with Crippen LogP contribution in [0.3, 0.4) is 0 Å². The fourth-order valence-corrected chi connectivity index (χ4v) is 1.61. The van der Waals surface area contributed by atoms with Gasteiger partial charge in [-0.3, -0.25) is 0 Å². The third-order valence-electron chi connectivity index (χ3n) is 2.35. The van der Waals surface area contributed by atoms with E-state index in [0.29, 0.717) is 6.04 Å². The van der Waals surface area contributed by atoms with Gasteiger partial charge in [-0.15, -0.1) is 12.4 Å². The molecule has 1 N–H and O–H groups in total. The lowest BCUT2D eigenvalue weighted by Gasteiger charge is -2.30. The van der Waals surface area contributed by atoms with Gasteiger partial charge in [0, 0.05) is 6.04 Å². The molecule has 1 saturated carbocycles. The smallest absolute Gasteiger partial charge is 0.0555 e. The standard InChI is InChI=1S/C8H17NO.ClH/c1-9(2)7-4-3-5-8(10)6-7;/h7-8,10H,3-6H2,1-2H3;1H. The minimum atomic E-state index is -0.0406. The highest BCUT2D eigenvalue weighted by atomic mass is 35.5. The van der Waals surface area contributed by atoms with Crippen LogP contribution in [0.4, 0.5) is 0 Å². The quantitative estimate of drug-likeness (QED) is 0.656. The van der Waals surface area contributed by atoms with E-state index in [0.717, 1.165) is 12.8 Å². The van der Waals surface area contributed by atoms with Crippen molar-refractivity contribution in [1.82, 2.24) is 4.90 Å². The number of nitrogens with zero attached hydrogens (tertiary/aromatic N) is 1. The largest absolute Gasteiger partial charge is 0.393 e. The van der Waals surface area contributed by atoms with Gasteiger partial charge >= 0.3 is 0 Å². The molecular formula is C8H18ClNO. The Hall–Kier alpha value is 0.210. The molecule has 1 fully saturated rings. The van der Waals surface area contributed by atoms with Crippen LogP contribution in [0, 0.1) is 0 Å². The highest BCUT2D eigenvalue weighted by Crippen LogP contribution is 2.20. The first kappa shape index (κ1) is 11.2. The number of aliphatic hydroxyl groups excluding tert-OH is 1. The Kier molecular flexibility index (Phi) is 5.06. The van der Waals surface area contributed by atoms with Crippen LogP contribution in [-0.4, -0.2) is 36.2 Å². The maximum atomic E-state index is 9.30. The number of rotatable bonds is 1. The molecular weight excluding hydrogens is 162 g/mol. The summed E-state index contributed by atoms with van der Waals surface area (Å²) in [6, 6.07) is 0.615. The van der Waals surface area contributed by atoms with Crippen molar-refractivity contribution >= 4 is 12.4 Å². The Morgan fingerprint density at radius 2 is 1.91 bits per heavy atom. The number of halogens is 1. The summed E-state index contributed by atoms with van der Waals surface area (Å²) in [4.78, 5) is 2.21. The molecule has 1 aliphatic carbocycles. The van der Waals surface area contributed by atoms with Crippen LogP contribution in [0.15, 0.2) is 0 Å². The van der Waals surface area contributed by atoms with Crippen molar-refractivity contribution in [3.05, 3.63) is 0 Å². The average Bonchev–Trinajstić information content (AvgIpc) is 1.88. The van der Waals surface area contributed by atoms with E-state index in [1.165, 1.54) is 12.8 Å². The summed E-state index contributed by atoms with van der Waals surface area (Å²) in [7, 11) is 4.17. The molecule has 0 radical (unpaired) electrons. The molecule has 0 spiro atoms. The molecule has 0 aliphatic heterocycles. The maximum absolute atomic E-state index is 9.30. The van der Waals surface area contributed by atoms with E-state index < -0.39 is 0 Å². The lowest BCUT2D eigenvalue weighted by atomic mass is 9.92. The summed E-state index contributed by atoms with van der Waals surface area (Å²) < 4.78 is 0. The Labute approximate surface area is 75.0 Å². The summed E-state index contributed by atoms with van der Waals surface area (Å²) in [6.45, 7) is 0. The number of aliphatic hydroxyl groups is 1. The van der Waals surface area contributed by atoms with Gasteiger partial charge in [-0.05, 0) is 39.8 Å². The van der Waals surface area contributed by atoms with Crippen molar-refractivity contribution in [1.29, 1.82) is 0 Å². The van der Waals surface area contributed by atoms with Gasteiger partial charge < -0.3 is 10.0 Å². The van der Waals surface area contributed by atoms with Gasteiger partial charge in [-0.2, -0.15) is 0 Å². The van der Waals surface area contributed by atoms with E-state index in [4.69, 9.17) is 0 Å². The fraction of sp³-hybridized carbons (Fsp3) is 1.00. The monoisotopic (exact) mass is 179 g/mol. The normalized spacial score (nSPS) is 31.6. The van der Waals surface area contributed by atoms with Gasteiger partial charge in [0.1, 0.15) is 0 Å². The maximum Gasteiger partial charge on any atom is 0.0555 e. The minimum absolute atomic E-state index is 0. The molecule has 2 nitrogen and oxygen atoms in total. The van der Waals surface area contributed by atoms with Crippen LogP contribution in [0.1, 0.15) is 25.7 Å². The molecule has 0 heterocycles. The first-order valence-electron chi connectivity index (χ1n) is 4.04. The average molecular weight is 180 g/mol. The van der Waals surface area contributed by atoms with Crippen molar-refractivity contribution in [3.8, 4) is 0 Å². The van der Waals surface area contributed by atoms with Crippen molar-refractivity contribution in [2.24, 2.45) is 0 Å². The summed E-state index contributed by atoms with van der Waals surface area (Å²) >= 11 is 0. The zero-order chi connectivity index (χ0) is 7.56. The zero-order valence-electron chi connectivity index (χ0n) is 7.29. The molecule has 0 bridgehead atoms. The molecule has 0 aromatic rings. The van der Waals surface area contributed by atoms with E-state index in [2.05, 4.69) is 19.0 Å². The molecule has 1 rings (SSSR count). The molecule has 0 aromatic carbocycles. The van der Waals surface area contributed by atoms with Crippen LogP contribution in [0.25, 0.3) is 0 Å². The Bertz CT molecular complexity index is 108. The van der Waals surface area contributed by atoms with Gasteiger partial charge in [0.25, 0.3) is 0 Å². The van der Waals surface area contributed by atoms with E-state index >= 15 is 0 Å². The van der Waals surface area contributed by atoms with Crippen molar-refractivity contribution in [2.75, 3.05) is 14.1 Å². The van der Waals surface area contributed by atoms with Crippen LogP contribution < -0.4 is 0 Å². The Morgan fingerprint density at radius 3 is 2.27 bits per heavy atom. The molecule has 1 aliphatic rings. The van der Waals surface area contributed by atoms with Gasteiger partial charge in [-0.1, -0.05) is 0 Å². The van der Waals surface area contributed by atoms with Crippen molar-refractivity contribution in [3.63, 3.8) is 0 Å². The second kappa shape index (κ2) is 4.96. The minimum Gasteiger partial charge on any atom is -0.393 e. The molecule has 11 heavy (non-hydrogen) atoms. The summed E-state index contributed by atoms with van der Waals surface area (Å²) in [6.07, 6.45) is 4.37. The predicted octanol–water partition coefficient (Wildman–Crippen LogP) is 1.27. The molecule has 0 saturated heterocycles. The third-order valence-corrected chi connectivity index (χ3v) is 2.35. The van der Waals surface area contributed by atoms with Crippen LogP contribution in [-0.2, 0) is 0 Å². The highest BCUT2D eigenvalue weighted by molar-refractivity contribution is 5.85. The van der Waals surface area contributed by atoms with Crippen LogP contribution in [0.2, 0.25) is 0 Å². The van der Waals surface area contributed by atoms with Gasteiger partial charge in [-0.25, -0.2) is 0 Å². The van der Waals surface area contributed by atoms with Gasteiger partial charge in [0.15, 0.2) is 0 Å². The lowest BCUT2D eigenvalue weighted by molar-refractivity contribution is 0.0820. The first-order chi connectivity index (χ1) is 4.70. The van der Waals surface area contributed by atoms with E-state index in [9.17, 15) is 5.11 Å². The Balaban J connectivity index is 0.000001000. The first-order valence-corrected chi connectivity index (χ1v) is 4.04. The summed E-state index contributed by atoms with van der Waals surface area (Å²) in [5, 5.41) is 9.30. The molecule has 0 aromatic heterocycles. The second-order valence-corrected chi connectivity index (χ2v) is 3.44. The van der Waals surface area contributed by atoms with E-state index in [1.54, 1.807) is 0 Å². The van der Waals surface area contributed by atoms with Gasteiger partial charge in [0.2, 0.25) is 0 Å². The summed E-state index contributed by atoms with van der Waals surface area (Å²) in [5.74, 6) is 0. The van der Waals surface area contributed by atoms with Gasteiger partial charge in [0.05, 0.1) is 6.10 Å². The zero-order valence-corrected chi connectivity index (χ0v) is 8.10. The fourth-order valence-electron chi connectivity index (χ4n) is 1.61. The second-order valence-electron chi connectivity index (χ2n) is 3.44. The SMILES string of the molecule is CN(C)C1CCCC(O)C1.Cl. The predicted molar refractivity (Wildman–Crippen MR) is 49.2 cm³/mol. The molecule has 2 atom stereocenters. The Morgan fingerprint density at radius 1 is 1.27 bits per heavy atom. The number of hydrogen-bond acceptors (Lipinski definition) is 2. The topological polar surface area (TPSA) is 23.5 Å². The molecule has 68 valence electrons. The van der Waals surface area contributed by atoms with Crippen LogP contribution >= 0.6 is 12.4 Å². The molecule has 3 heteroatoms. The summed E-state index contributed by atoms with van der Waals surface area (Å²) in [5.41, 5.74) is 0. The highest BCUT2D eigenvalue weighted by Gasteiger charge is 2.20. The lowest BCUT2D eigenvalue weighted by Crippen LogP contribution is -2.34. The van der Waals surface area contributed by atoms with Crippen molar-refractivity contribution in [2.45, 2.75) is 37.8 Å². The van der Waals surface area contributed by atoms with E-state index in [-0.39, 0.29) is 18.5 Å². The van der Waals surface area contributed by atoms with E-state index in [1.807, 2.05) is 0 Å². The molecule has 2 unspecified atom stereocenters. The number of hydrogen-bond donors (Lipinski definition) is 1.